The van der Waals surface area contributed by atoms with Gasteiger partial charge in [-0.2, -0.15) is 0 Å². The van der Waals surface area contributed by atoms with Gasteiger partial charge in [0.05, 0.1) is 10.8 Å². The number of thioether (sulfide) groups is 1. The van der Waals surface area contributed by atoms with Gasteiger partial charge in [0.1, 0.15) is 0 Å². The third-order valence-corrected chi connectivity index (χ3v) is 2.93. The highest BCUT2D eigenvalue weighted by molar-refractivity contribution is 8.04. The predicted octanol–water partition coefficient (Wildman–Crippen LogP) is 0.271. The maximum atomic E-state index is 11.2. The fourth-order valence-electron chi connectivity index (χ4n) is 0.927. The van der Waals surface area contributed by atoms with E-state index >= 15 is 0 Å². The molecule has 1 fully saturated rings. The maximum Gasteiger partial charge on any atom is 0.272 e. The Balaban J connectivity index is 2.69. The van der Waals surface area contributed by atoms with Gasteiger partial charge in [-0.25, -0.2) is 5.06 Å². The van der Waals surface area contributed by atoms with Gasteiger partial charge in [0.15, 0.2) is 0 Å². The Kier molecular flexibility index (Phi) is 3.54. The van der Waals surface area contributed by atoms with Crippen LogP contribution in [0.2, 0.25) is 0 Å². The fourth-order valence-corrected chi connectivity index (χ4v) is 1.87. The first kappa shape index (κ1) is 11.1. The lowest BCUT2D eigenvalue weighted by Gasteiger charge is -2.12. The Morgan fingerprint density at radius 3 is 2.86 bits per heavy atom. The predicted molar refractivity (Wildman–Crippen MR) is 52.5 cm³/mol. The molecule has 5 nitrogen and oxygen atoms in total. The van der Waals surface area contributed by atoms with Crippen LogP contribution in [-0.4, -0.2) is 46.3 Å². The molecule has 1 aliphatic heterocycles. The summed E-state index contributed by atoms with van der Waals surface area (Å²) in [4.78, 5) is 23.7. The Morgan fingerprint density at radius 2 is 2.43 bits per heavy atom. The van der Waals surface area contributed by atoms with E-state index in [1.165, 1.54) is 22.7 Å². The van der Waals surface area contributed by atoms with Crippen molar-refractivity contribution in [2.75, 3.05) is 19.3 Å². The van der Waals surface area contributed by atoms with Gasteiger partial charge in [-0.05, 0) is 6.92 Å². The highest BCUT2D eigenvalue weighted by atomic mass is 32.2. The maximum absolute atomic E-state index is 11.2. The normalized spacial score (nSPS) is 19.2. The number of hydrogen-bond donors (Lipinski definition) is 1. The number of hydroxylamine groups is 2. The first-order valence-electron chi connectivity index (χ1n) is 4.17. The van der Waals surface area contributed by atoms with Crippen molar-refractivity contribution in [1.29, 1.82) is 0 Å². The summed E-state index contributed by atoms with van der Waals surface area (Å²) in [5.41, 5.74) is 0. The molecule has 0 atom stereocenters. The number of carbonyl (C=O) groups excluding carboxylic acids is 2. The zero-order chi connectivity index (χ0) is 10.7. The summed E-state index contributed by atoms with van der Waals surface area (Å²) in [7, 11) is 1.61. The van der Waals surface area contributed by atoms with E-state index in [9.17, 15) is 9.59 Å². The fraction of sp³-hybridized carbons (Fsp3) is 0.500. The van der Waals surface area contributed by atoms with Crippen LogP contribution in [0.1, 0.15) is 6.92 Å². The van der Waals surface area contributed by atoms with Gasteiger partial charge in [0, 0.05) is 19.7 Å². The molecule has 1 aliphatic rings. The molecule has 0 aliphatic carbocycles. The monoisotopic (exact) mass is 216 g/mol. The highest BCUT2D eigenvalue weighted by Crippen LogP contribution is 2.26. The number of amides is 2. The Morgan fingerprint density at radius 1 is 1.79 bits per heavy atom. The topological polar surface area (TPSA) is 60.9 Å². The second kappa shape index (κ2) is 4.47. The summed E-state index contributed by atoms with van der Waals surface area (Å²) in [5, 5.41) is 10.2. The van der Waals surface area contributed by atoms with Gasteiger partial charge in [0.25, 0.3) is 5.91 Å². The van der Waals surface area contributed by atoms with Gasteiger partial charge in [-0.15, -0.1) is 0 Å². The van der Waals surface area contributed by atoms with Crippen LogP contribution >= 0.6 is 11.8 Å². The average molecular weight is 216 g/mol. The van der Waals surface area contributed by atoms with E-state index in [2.05, 4.69) is 0 Å². The van der Waals surface area contributed by atoms with Crippen molar-refractivity contribution in [2.45, 2.75) is 6.92 Å². The molecule has 14 heavy (non-hydrogen) atoms. The largest absolute Gasteiger partial charge is 0.309 e. The van der Waals surface area contributed by atoms with Gasteiger partial charge in [-0.3, -0.25) is 14.8 Å². The van der Waals surface area contributed by atoms with Crippen molar-refractivity contribution >= 4 is 23.6 Å². The molecule has 1 heterocycles. The molecular formula is C8H12N2O3S. The standard InChI is InChI=1S/C8H12N2O3S/c1-3-10(13)6(11)4-8-9(2)7(12)5-14-8/h4,13H,3,5H2,1-2H3/b8-4+. The molecule has 1 saturated heterocycles. The van der Waals surface area contributed by atoms with Gasteiger partial charge < -0.3 is 4.90 Å². The van der Waals surface area contributed by atoms with Crippen LogP contribution in [-0.2, 0) is 9.59 Å². The van der Waals surface area contributed by atoms with E-state index in [1.54, 1.807) is 14.0 Å². The minimum atomic E-state index is -0.503. The zero-order valence-electron chi connectivity index (χ0n) is 8.06. The number of likely N-dealkylation sites (N-methyl/N-ethyl adjacent to an activating group) is 1. The molecule has 0 aromatic heterocycles. The lowest BCUT2D eigenvalue weighted by Crippen LogP contribution is -2.26. The van der Waals surface area contributed by atoms with Crippen molar-refractivity contribution in [3.8, 4) is 0 Å². The molecule has 78 valence electrons. The SMILES string of the molecule is CCN(O)C(=O)/C=C1/SCC(=O)N1C. The molecule has 0 spiro atoms. The van der Waals surface area contributed by atoms with E-state index < -0.39 is 5.91 Å². The summed E-state index contributed by atoms with van der Waals surface area (Å²) in [6, 6.07) is 0. The molecule has 0 aromatic carbocycles. The summed E-state index contributed by atoms with van der Waals surface area (Å²) in [6.07, 6.45) is 1.26. The van der Waals surface area contributed by atoms with Crippen molar-refractivity contribution in [1.82, 2.24) is 9.96 Å². The molecule has 1 N–H and O–H groups in total. The summed E-state index contributed by atoms with van der Waals surface area (Å²) >= 11 is 1.29. The van der Waals surface area contributed by atoms with Crippen LogP contribution in [0.25, 0.3) is 0 Å². The van der Waals surface area contributed by atoms with Gasteiger partial charge >= 0.3 is 0 Å². The van der Waals surface area contributed by atoms with Crippen molar-refractivity contribution in [2.24, 2.45) is 0 Å². The van der Waals surface area contributed by atoms with Crippen LogP contribution < -0.4 is 0 Å². The molecule has 0 radical (unpaired) electrons. The van der Waals surface area contributed by atoms with Crippen molar-refractivity contribution in [3.05, 3.63) is 11.1 Å². The highest BCUT2D eigenvalue weighted by Gasteiger charge is 2.23. The first-order valence-corrected chi connectivity index (χ1v) is 5.16. The lowest BCUT2D eigenvalue weighted by molar-refractivity contribution is -0.158. The van der Waals surface area contributed by atoms with E-state index in [-0.39, 0.29) is 12.5 Å². The number of rotatable bonds is 2. The third-order valence-electron chi connectivity index (χ3n) is 1.85. The summed E-state index contributed by atoms with van der Waals surface area (Å²) < 4.78 is 0. The summed E-state index contributed by atoms with van der Waals surface area (Å²) in [6.45, 7) is 1.89. The molecule has 0 aromatic rings. The van der Waals surface area contributed by atoms with Crippen LogP contribution in [0.5, 0.6) is 0 Å². The van der Waals surface area contributed by atoms with Crippen LogP contribution in [0, 0.1) is 0 Å². The minimum absolute atomic E-state index is 0.0324. The molecule has 0 bridgehead atoms. The van der Waals surface area contributed by atoms with Crippen LogP contribution in [0.3, 0.4) is 0 Å². The van der Waals surface area contributed by atoms with E-state index in [4.69, 9.17) is 5.21 Å². The Bertz CT molecular complexity index is 290. The van der Waals surface area contributed by atoms with Crippen LogP contribution in [0.4, 0.5) is 0 Å². The van der Waals surface area contributed by atoms with Crippen molar-refractivity contribution < 1.29 is 14.8 Å². The molecular weight excluding hydrogens is 204 g/mol. The zero-order valence-corrected chi connectivity index (χ0v) is 8.87. The lowest BCUT2D eigenvalue weighted by atomic mass is 10.5. The van der Waals surface area contributed by atoms with Crippen LogP contribution in [0.15, 0.2) is 11.1 Å². The Hall–Kier alpha value is -1.01. The number of hydrogen-bond acceptors (Lipinski definition) is 4. The number of carbonyl (C=O) groups is 2. The van der Waals surface area contributed by atoms with E-state index in [0.717, 1.165) is 0 Å². The van der Waals surface area contributed by atoms with E-state index in [1.807, 2.05) is 0 Å². The minimum Gasteiger partial charge on any atom is -0.309 e. The molecule has 1 rings (SSSR count). The molecule has 0 saturated carbocycles. The van der Waals surface area contributed by atoms with E-state index in [0.29, 0.717) is 15.8 Å². The third kappa shape index (κ3) is 2.27. The quantitative estimate of drug-likeness (QED) is 0.409. The Labute approximate surface area is 86.3 Å². The second-order valence-corrected chi connectivity index (χ2v) is 3.77. The molecule has 6 heteroatoms. The van der Waals surface area contributed by atoms with Crippen molar-refractivity contribution in [3.63, 3.8) is 0 Å². The first-order chi connectivity index (χ1) is 6.56. The van der Waals surface area contributed by atoms with Gasteiger partial charge in [0.2, 0.25) is 5.91 Å². The van der Waals surface area contributed by atoms with Gasteiger partial charge in [-0.1, -0.05) is 11.8 Å². The average Bonchev–Trinajstić information content (AvgIpc) is 2.48. The number of nitrogens with zero attached hydrogens (tertiary/aromatic N) is 2. The second-order valence-electron chi connectivity index (χ2n) is 2.78. The molecule has 0 unspecified atom stereocenters. The summed E-state index contributed by atoms with van der Waals surface area (Å²) in [5.74, 6) is -0.181. The smallest absolute Gasteiger partial charge is 0.272 e. The molecule has 2 amide bonds.